The van der Waals surface area contributed by atoms with Gasteiger partial charge in [0.25, 0.3) is 5.91 Å². The second-order valence-electron chi connectivity index (χ2n) is 4.12. The summed E-state index contributed by atoms with van der Waals surface area (Å²) in [7, 11) is 0. The molecule has 1 aromatic carbocycles. The van der Waals surface area contributed by atoms with Crippen LogP contribution in [0.5, 0.6) is 11.5 Å². The van der Waals surface area contributed by atoms with E-state index in [1.807, 2.05) is 0 Å². The van der Waals surface area contributed by atoms with Gasteiger partial charge in [-0.3, -0.25) is 4.79 Å². The molecule has 1 N–H and O–H groups in total. The van der Waals surface area contributed by atoms with Crippen molar-refractivity contribution in [1.29, 1.82) is 0 Å². The molecule has 0 radical (unpaired) electrons. The second-order valence-corrected chi connectivity index (χ2v) is 4.12. The fraction of sp³-hybridized carbons (Fsp3) is 0.357. The number of aliphatic hydroxyl groups excluding tert-OH is 1. The predicted octanol–water partition coefficient (Wildman–Crippen LogP) is 1.08. The van der Waals surface area contributed by atoms with E-state index >= 15 is 0 Å². The average Bonchev–Trinajstić information content (AvgIpc) is 2.46. The highest BCUT2D eigenvalue weighted by atomic mass is 16.6. The Morgan fingerprint density at radius 1 is 1.37 bits per heavy atom. The fourth-order valence-corrected chi connectivity index (χ4v) is 1.91. The molecule has 5 heteroatoms. The molecular weight excluding hydrogens is 246 g/mol. The van der Waals surface area contributed by atoms with Crippen LogP contribution in [-0.2, 0) is 0 Å². The Kier molecular flexibility index (Phi) is 4.41. The Balaban J connectivity index is 2.19. The van der Waals surface area contributed by atoms with Gasteiger partial charge in [-0.1, -0.05) is 6.08 Å². The minimum absolute atomic E-state index is 0.0792. The molecule has 1 amide bonds. The third kappa shape index (κ3) is 3.06. The van der Waals surface area contributed by atoms with Gasteiger partial charge < -0.3 is 19.5 Å². The number of aliphatic hydroxyl groups is 1. The van der Waals surface area contributed by atoms with Crippen LogP contribution in [0.15, 0.2) is 30.9 Å². The van der Waals surface area contributed by atoms with E-state index < -0.39 is 0 Å². The number of ether oxygens (including phenoxy) is 2. The van der Waals surface area contributed by atoms with Crippen molar-refractivity contribution in [3.8, 4) is 11.5 Å². The van der Waals surface area contributed by atoms with E-state index in [9.17, 15) is 4.79 Å². The summed E-state index contributed by atoms with van der Waals surface area (Å²) in [6, 6.07) is 5.10. The SMILES string of the molecule is C=CCN(CCO)C(=O)c1ccc2c(c1)OCCO2. The van der Waals surface area contributed by atoms with Crippen LogP contribution >= 0.6 is 0 Å². The maximum atomic E-state index is 12.3. The van der Waals surface area contributed by atoms with Crippen molar-refractivity contribution in [1.82, 2.24) is 4.90 Å². The molecule has 102 valence electrons. The summed E-state index contributed by atoms with van der Waals surface area (Å²) in [4.78, 5) is 13.8. The molecule has 1 aliphatic rings. The summed E-state index contributed by atoms with van der Waals surface area (Å²) < 4.78 is 10.9. The normalized spacial score (nSPS) is 12.9. The average molecular weight is 263 g/mol. The van der Waals surface area contributed by atoms with Crippen LogP contribution in [0.3, 0.4) is 0 Å². The van der Waals surface area contributed by atoms with Crippen LogP contribution in [0.4, 0.5) is 0 Å². The van der Waals surface area contributed by atoms with Crippen molar-refractivity contribution in [2.45, 2.75) is 0 Å². The molecule has 0 spiro atoms. The Morgan fingerprint density at radius 3 is 2.79 bits per heavy atom. The van der Waals surface area contributed by atoms with Crippen LogP contribution in [0, 0.1) is 0 Å². The van der Waals surface area contributed by atoms with E-state index in [0.717, 1.165) is 0 Å². The summed E-state index contributed by atoms with van der Waals surface area (Å²) in [5, 5.41) is 8.98. The number of amides is 1. The number of carbonyl (C=O) groups is 1. The molecule has 0 unspecified atom stereocenters. The van der Waals surface area contributed by atoms with Gasteiger partial charge in [0.05, 0.1) is 6.61 Å². The van der Waals surface area contributed by atoms with Crippen molar-refractivity contribution < 1.29 is 19.4 Å². The summed E-state index contributed by atoms with van der Waals surface area (Å²) in [6.45, 7) is 5.21. The van der Waals surface area contributed by atoms with Gasteiger partial charge in [0.2, 0.25) is 0 Å². The number of carbonyl (C=O) groups excluding carboxylic acids is 1. The summed E-state index contributed by atoms with van der Waals surface area (Å²) in [5.41, 5.74) is 0.513. The second kappa shape index (κ2) is 6.24. The number of rotatable bonds is 5. The highest BCUT2D eigenvalue weighted by Gasteiger charge is 2.18. The lowest BCUT2D eigenvalue weighted by Gasteiger charge is -2.22. The standard InChI is InChI=1S/C14H17NO4/c1-2-5-15(6-7-16)14(17)11-3-4-12-13(10-11)19-9-8-18-12/h2-4,10,16H,1,5-9H2. The Hall–Kier alpha value is -2.01. The van der Waals surface area contributed by atoms with E-state index in [0.29, 0.717) is 36.8 Å². The van der Waals surface area contributed by atoms with Crippen molar-refractivity contribution in [3.63, 3.8) is 0 Å². The van der Waals surface area contributed by atoms with Gasteiger partial charge in [0.15, 0.2) is 11.5 Å². The van der Waals surface area contributed by atoms with Gasteiger partial charge in [0.1, 0.15) is 13.2 Å². The van der Waals surface area contributed by atoms with Crippen molar-refractivity contribution in [3.05, 3.63) is 36.4 Å². The Bertz CT molecular complexity index is 473. The maximum absolute atomic E-state index is 12.3. The van der Waals surface area contributed by atoms with E-state index in [2.05, 4.69) is 6.58 Å². The highest BCUT2D eigenvalue weighted by molar-refractivity contribution is 5.95. The maximum Gasteiger partial charge on any atom is 0.254 e. The molecule has 0 fully saturated rings. The van der Waals surface area contributed by atoms with Crippen LogP contribution in [0.1, 0.15) is 10.4 Å². The third-order valence-corrected chi connectivity index (χ3v) is 2.80. The monoisotopic (exact) mass is 263 g/mol. The number of fused-ring (bicyclic) bond motifs is 1. The minimum atomic E-state index is -0.161. The molecule has 5 nitrogen and oxygen atoms in total. The van der Waals surface area contributed by atoms with Crippen LogP contribution < -0.4 is 9.47 Å². The molecule has 2 rings (SSSR count). The zero-order valence-electron chi connectivity index (χ0n) is 10.7. The van der Waals surface area contributed by atoms with Gasteiger partial charge in [-0.2, -0.15) is 0 Å². The van der Waals surface area contributed by atoms with E-state index in [1.165, 1.54) is 4.90 Å². The molecule has 0 atom stereocenters. The smallest absolute Gasteiger partial charge is 0.254 e. The predicted molar refractivity (Wildman–Crippen MR) is 70.6 cm³/mol. The molecule has 1 aromatic rings. The van der Waals surface area contributed by atoms with Crippen molar-refractivity contribution in [2.24, 2.45) is 0 Å². The minimum Gasteiger partial charge on any atom is -0.486 e. The van der Waals surface area contributed by atoms with Crippen LogP contribution in [-0.4, -0.2) is 48.8 Å². The van der Waals surface area contributed by atoms with E-state index in [-0.39, 0.29) is 19.1 Å². The molecule has 0 aromatic heterocycles. The first kappa shape index (κ1) is 13.4. The van der Waals surface area contributed by atoms with Crippen molar-refractivity contribution >= 4 is 5.91 Å². The third-order valence-electron chi connectivity index (χ3n) is 2.80. The quantitative estimate of drug-likeness (QED) is 0.808. The van der Waals surface area contributed by atoms with E-state index in [4.69, 9.17) is 14.6 Å². The summed E-state index contributed by atoms with van der Waals surface area (Å²) in [5.74, 6) is 1.07. The Morgan fingerprint density at radius 2 is 2.11 bits per heavy atom. The largest absolute Gasteiger partial charge is 0.486 e. The van der Waals surface area contributed by atoms with Crippen LogP contribution in [0.2, 0.25) is 0 Å². The molecule has 0 aliphatic carbocycles. The van der Waals surface area contributed by atoms with Gasteiger partial charge >= 0.3 is 0 Å². The van der Waals surface area contributed by atoms with Gasteiger partial charge in [0, 0.05) is 18.7 Å². The van der Waals surface area contributed by atoms with Crippen LogP contribution in [0.25, 0.3) is 0 Å². The lowest BCUT2D eigenvalue weighted by Crippen LogP contribution is -2.33. The number of benzene rings is 1. The summed E-state index contributed by atoms with van der Waals surface area (Å²) in [6.07, 6.45) is 1.63. The number of hydrogen-bond donors (Lipinski definition) is 1. The lowest BCUT2D eigenvalue weighted by atomic mass is 10.1. The van der Waals surface area contributed by atoms with Crippen molar-refractivity contribution in [2.75, 3.05) is 32.9 Å². The zero-order chi connectivity index (χ0) is 13.7. The zero-order valence-corrected chi connectivity index (χ0v) is 10.7. The molecule has 1 aliphatic heterocycles. The fourth-order valence-electron chi connectivity index (χ4n) is 1.91. The molecule has 0 saturated heterocycles. The molecule has 0 bridgehead atoms. The van der Waals surface area contributed by atoms with Gasteiger partial charge in [-0.25, -0.2) is 0 Å². The molecule has 1 heterocycles. The number of nitrogens with zero attached hydrogens (tertiary/aromatic N) is 1. The molecule has 0 saturated carbocycles. The van der Waals surface area contributed by atoms with Gasteiger partial charge in [-0.15, -0.1) is 6.58 Å². The van der Waals surface area contributed by atoms with E-state index in [1.54, 1.807) is 24.3 Å². The molecule has 19 heavy (non-hydrogen) atoms. The number of hydrogen-bond acceptors (Lipinski definition) is 4. The van der Waals surface area contributed by atoms with Gasteiger partial charge in [-0.05, 0) is 18.2 Å². The topological polar surface area (TPSA) is 59.0 Å². The molecular formula is C14H17NO4. The first-order valence-corrected chi connectivity index (χ1v) is 6.17. The highest BCUT2D eigenvalue weighted by Crippen LogP contribution is 2.31. The lowest BCUT2D eigenvalue weighted by molar-refractivity contribution is 0.0741. The first-order valence-electron chi connectivity index (χ1n) is 6.17. The summed E-state index contributed by atoms with van der Waals surface area (Å²) >= 11 is 0. The first-order chi connectivity index (χ1) is 9.26. The Labute approximate surface area is 112 Å².